The number of aliphatic hydroxyl groups is 1. The minimum atomic E-state index is -3.44. The number of anilines is 3. The topological polar surface area (TPSA) is 146 Å². The lowest BCUT2D eigenvalue weighted by Crippen LogP contribution is -2.19. The van der Waals surface area contributed by atoms with Crippen molar-refractivity contribution >= 4 is 38.2 Å². The Morgan fingerprint density at radius 2 is 1.77 bits per heavy atom. The monoisotopic (exact) mass is 448 g/mol. The summed E-state index contributed by atoms with van der Waals surface area (Å²) in [5.74, 6) is 0.950. The van der Waals surface area contributed by atoms with Crippen LogP contribution in [0.4, 0.5) is 17.3 Å². The van der Waals surface area contributed by atoms with Crippen LogP contribution in [0.2, 0.25) is 0 Å². The molecule has 1 aromatic heterocycles. The Labute approximate surface area is 179 Å². The van der Waals surface area contributed by atoms with Gasteiger partial charge in [-0.05, 0) is 12.1 Å². The maximum absolute atomic E-state index is 11.9. The Balaban J connectivity index is 1.95. The maximum atomic E-state index is 11.9. The molecule has 1 heterocycles. The average molecular weight is 449 g/mol. The average Bonchev–Trinajstić information content (AvgIpc) is 2.74. The number of para-hydroxylation sites is 2. The van der Waals surface area contributed by atoms with Crippen molar-refractivity contribution in [2.24, 2.45) is 0 Å². The first-order valence-corrected chi connectivity index (χ1v) is 11.2. The van der Waals surface area contributed by atoms with Gasteiger partial charge in [0, 0.05) is 12.1 Å². The number of aliphatic hydroxyl groups excluding tert-OH is 1. The third-order valence-corrected chi connectivity index (χ3v) is 5.97. The molecule has 4 N–H and O–H groups in total. The van der Waals surface area contributed by atoms with Crippen LogP contribution in [-0.2, 0) is 9.84 Å². The fraction of sp³-hybridized carbons (Fsp3) is 0.300. The zero-order chi connectivity index (χ0) is 22.4. The minimum absolute atomic E-state index is 0.140. The number of rotatable bonds is 10. The number of hydrogen-bond acceptors (Lipinski definition) is 10. The van der Waals surface area contributed by atoms with E-state index in [1.54, 1.807) is 18.2 Å². The van der Waals surface area contributed by atoms with Crippen LogP contribution in [0.15, 0.2) is 36.4 Å². The number of ether oxygens (including phenoxy) is 3. The molecule has 0 radical (unpaired) electrons. The molecule has 3 rings (SSSR count). The summed E-state index contributed by atoms with van der Waals surface area (Å²) in [5.41, 5.74) is 7.78. The molecular weight excluding hydrogens is 424 g/mol. The summed E-state index contributed by atoms with van der Waals surface area (Å²) in [5, 5.41) is 12.0. The highest BCUT2D eigenvalue weighted by molar-refractivity contribution is 7.91. The SMILES string of the molecule is COc1cc(Nc2nc3ccccc3nc2N)c(OCCS(=O)(=O)CCO)c(OC)c1. The Bertz CT molecular complexity index is 1170. The van der Waals surface area contributed by atoms with Gasteiger partial charge in [0.05, 0.1) is 49.1 Å². The molecule has 166 valence electrons. The number of hydrogen-bond donors (Lipinski definition) is 3. The normalized spacial score (nSPS) is 11.3. The highest BCUT2D eigenvalue weighted by Gasteiger charge is 2.18. The molecule has 0 saturated carbocycles. The molecule has 0 aliphatic heterocycles. The van der Waals surface area contributed by atoms with Crippen LogP contribution in [-0.4, -0.2) is 62.4 Å². The van der Waals surface area contributed by atoms with Gasteiger partial charge < -0.3 is 30.4 Å². The molecule has 0 amide bonds. The second-order valence-electron chi connectivity index (χ2n) is 6.50. The second kappa shape index (κ2) is 9.67. The molecular formula is C20H24N4O6S. The van der Waals surface area contributed by atoms with Crippen LogP contribution in [0, 0.1) is 0 Å². The molecule has 2 aromatic carbocycles. The third kappa shape index (κ3) is 5.44. The summed E-state index contributed by atoms with van der Waals surface area (Å²) in [6.45, 7) is -0.584. The molecule has 0 unspecified atom stereocenters. The van der Waals surface area contributed by atoms with Gasteiger partial charge in [0.2, 0.25) is 0 Å². The number of methoxy groups -OCH3 is 2. The summed E-state index contributed by atoms with van der Waals surface area (Å²) in [6.07, 6.45) is 0. The minimum Gasteiger partial charge on any atom is -0.497 e. The lowest BCUT2D eigenvalue weighted by molar-refractivity contribution is 0.308. The number of nitrogens with two attached hydrogens (primary N) is 1. The van der Waals surface area contributed by atoms with Crippen LogP contribution >= 0.6 is 0 Å². The Morgan fingerprint density at radius 3 is 2.42 bits per heavy atom. The van der Waals surface area contributed by atoms with Gasteiger partial charge in [-0.2, -0.15) is 0 Å². The van der Waals surface area contributed by atoms with Crippen molar-refractivity contribution in [3.8, 4) is 17.2 Å². The Hall–Kier alpha value is -3.31. The molecule has 0 spiro atoms. The van der Waals surface area contributed by atoms with Crippen molar-refractivity contribution < 1.29 is 27.7 Å². The summed E-state index contributed by atoms with van der Waals surface area (Å²) in [6, 6.07) is 10.6. The van der Waals surface area contributed by atoms with E-state index in [9.17, 15) is 8.42 Å². The summed E-state index contributed by atoms with van der Waals surface area (Å²) in [7, 11) is -0.479. The number of benzene rings is 2. The molecule has 0 bridgehead atoms. The van der Waals surface area contributed by atoms with Gasteiger partial charge in [-0.25, -0.2) is 18.4 Å². The number of nitrogen functional groups attached to an aromatic ring is 1. The van der Waals surface area contributed by atoms with Crippen LogP contribution in [0.1, 0.15) is 0 Å². The van der Waals surface area contributed by atoms with E-state index in [1.165, 1.54) is 14.2 Å². The first-order chi connectivity index (χ1) is 14.9. The first kappa shape index (κ1) is 22.4. The highest BCUT2D eigenvalue weighted by atomic mass is 32.2. The lowest BCUT2D eigenvalue weighted by Gasteiger charge is -2.18. The molecule has 10 nitrogen and oxygen atoms in total. The molecule has 0 fully saturated rings. The number of aromatic nitrogens is 2. The van der Waals surface area contributed by atoms with Crippen molar-refractivity contribution in [1.29, 1.82) is 0 Å². The number of nitrogens with one attached hydrogen (secondary N) is 1. The van der Waals surface area contributed by atoms with Crippen LogP contribution in [0.25, 0.3) is 11.0 Å². The van der Waals surface area contributed by atoms with E-state index < -0.39 is 16.4 Å². The van der Waals surface area contributed by atoms with E-state index >= 15 is 0 Å². The van der Waals surface area contributed by atoms with Crippen molar-refractivity contribution in [1.82, 2.24) is 9.97 Å². The van der Waals surface area contributed by atoms with Crippen LogP contribution < -0.4 is 25.3 Å². The quantitative estimate of drug-likeness (QED) is 0.419. The van der Waals surface area contributed by atoms with Gasteiger partial charge in [-0.15, -0.1) is 0 Å². The van der Waals surface area contributed by atoms with Crippen molar-refractivity contribution in [3.05, 3.63) is 36.4 Å². The third-order valence-electron chi connectivity index (χ3n) is 4.38. The van der Waals surface area contributed by atoms with Crippen LogP contribution in [0.5, 0.6) is 17.2 Å². The summed E-state index contributed by atoms with van der Waals surface area (Å²) >= 11 is 0. The summed E-state index contributed by atoms with van der Waals surface area (Å²) < 4.78 is 40.2. The molecule has 0 atom stereocenters. The zero-order valence-corrected chi connectivity index (χ0v) is 18.0. The fourth-order valence-corrected chi connectivity index (χ4v) is 3.65. The van der Waals surface area contributed by atoms with E-state index in [-0.39, 0.29) is 29.7 Å². The summed E-state index contributed by atoms with van der Waals surface area (Å²) in [4.78, 5) is 8.85. The molecule has 3 aromatic rings. The molecule has 11 heteroatoms. The predicted octanol–water partition coefficient (Wildman–Crippen LogP) is 1.76. The maximum Gasteiger partial charge on any atom is 0.185 e. The highest BCUT2D eigenvalue weighted by Crippen LogP contribution is 2.41. The molecule has 31 heavy (non-hydrogen) atoms. The van der Waals surface area contributed by atoms with Crippen molar-refractivity contribution in [2.45, 2.75) is 0 Å². The van der Waals surface area contributed by atoms with E-state index in [0.717, 1.165) is 0 Å². The van der Waals surface area contributed by atoms with Gasteiger partial charge in [-0.1, -0.05) is 12.1 Å². The largest absolute Gasteiger partial charge is 0.497 e. The first-order valence-electron chi connectivity index (χ1n) is 9.36. The van der Waals surface area contributed by atoms with Crippen molar-refractivity contribution in [2.75, 3.05) is 50.0 Å². The van der Waals surface area contributed by atoms with Gasteiger partial charge in [0.15, 0.2) is 33.0 Å². The van der Waals surface area contributed by atoms with Gasteiger partial charge in [0.25, 0.3) is 0 Å². The van der Waals surface area contributed by atoms with Crippen LogP contribution in [0.3, 0.4) is 0 Å². The smallest absolute Gasteiger partial charge is 0.185 e. The number of sulfone groups is 1. The van der Waals surface area contributed by atoms with E-state index in [2.05, 4.69) is 15.3 Å². The number of fused-ring (bicyclic) bond motifs is 1. The Kier molecular flexibility index (Phi) is 6.98. The van der Waals surface area contributed by atoms with E-state index in [4.69, 9.17) is 25.1 Å². The second-order valence-corrected chi connectivity index (χ2v) is 8.81. The number of nitrogens with zero attached hydrogens (tertiary/aromatic N) is 2. The van der Waals surface area contributed by atoms with Crippen molar-refractivity contribution in [3.63, 3.8) is 0 Å². The Morgan fingerprint density at radius 1 is 1.06 bits per heavy atom. The molecule has 0 aliphatic carbocycles. The van der Waals surface area contributed by atoms with Gasteiger partial charge in [-0.3, -0.25) is 0 Å². The fourth-order valence-electron chi connectivity index (χ4n) is 2.83. The van der Waals surface area contributed by atoms with E-state index in [0.29, 0.717) is 34.0 Å². The molecule has 0 saturated heterocycles. The standard InChI is InChI=1S/C20H24N4O6S/c1-28-13-11-16(24-20-19(21)22-14-5-3-4-6-15(14)23-20)18(17(12-13)29-2)30-8-10-31(26,27)9-7-25/h3-6,11-12,25H,7-10H2,1-2H3,(H2,21,22)(H,23,24). The predicted molar refractivity (Wildman–Crippen MR) is 118 cm³/mol. The molecule has 0 aliphatic rings. The van der Waals surface area contributed by atoms with Gasteiger partial charge >= 0.3 is 0 Å². The van der Waals surface area contributed by atoms with E-state index in [1.807, 2.05) is 18.2 Å². The van der Waals surface area contributed by atoms with Gasteiger partial charge in [0.1, 0.15) is 12.4 Å². The zero-order valence-electron chi connectivity index (χ0n) is 17.2. The lowest BCUT2D eigenvalue weighted by atomic mass is 10.2.